The highest BCUT2D eigenvalue weighted by molar-refractivity contribution is 5.91. The van der Waals surface area contributed by atoms with Crippen LogP contribution in [0, 0.1) is 0 Å². The number of pyridine rings is 1. The zero-order valence-electron chi connectivity index (χ0n) is 10.1. The van der Waals surface area contributed by atoms with Crippen LogP contribution in [0.5, 0.6) is 0 Å². The lowest BCUT2D eigenvalue weighted by Crippen LogP contribution is -2.28. The summed E-state index contributed by atoms with van der Waals surface area (Å²) in [6.45, 7) is 1.58. The number of carbonyl (C=O) groups excluding carboxylic acids is 1. The minimum atomic E-state index is -5.01. The molecule has 19 heavy (non-hydrogen) atoms. The third kappa shape index (κ3) is 3.39. The maximum absolute atomic E-state index is 13.0. The molecule has 0 amide bonds. The number of Topliss-reactive ketones (excluding diaryl/α,β-unsaturated/α-hetero) is 1. The van der Waals surface area contributed by atoms with Crippen LogP contribution in [0.3, 0.4) is 0 Å². The minimum Gasteiger partial charge on any atom is -0.398 e. The lowest BCUT2D eigenvalue weighted by molar-refractivity contribution is -0.172. The fourth-order valence-electron chi connectivity index (χ4n) is 1.47. The quantitative estimate of drug-likeness (QED) is 0.867. The predicted molar refractivity (Wildman–Crippen MR) is 57.7 cm³/mol. The molecule has 0 aromatic carbocycles. The second-order valence-corrected chi connectivity index (χ2v) is 4.17. The van der Waals surface area contributed by atoms with Crippen LogP contribution >= 0.6 is 0 Å². The Hall–Kier alpha value is -1.73. The Labute approximate surface area is 105 Å². The molecule has 0 saturated carbocycles. The molecule has 1 aromatic rings. The summed E-state index contributed by atoms with van der Waals surface area (Å²) >= 11 is 0. The molecule has 1 atom stereocenters. The summed E-state index contributed by atoms with van der Waals surface area (Å²) in [4.78, 5) is 14.4. The molecular formula is C11H11F5N2O. The molecule has 1 heterocycles. The number of carbonyl (C=O) groups is 1. The Bertz CT molecular complexity index is 493. The van der Waals surface area contributed by atoms with Gasteiger partial charge in [-0.1, -0.05) is 6.92 Å². The molecule has 1 unspecified atom stereocenters. The number of halogens is 5. The van der Waals surface area contributed by atoms with Gasteiger partial charge in [0, 0.05) is 24.4 Å². The van der Waals surface area contributed by atoms with E-state index in [4.69, 9.17) is 5.73 Å². The van der Waals surface area contributed by atoms with Gasteiger partial charge in [-0.15, -0.1) is 0 Å². The summed E-state index contributed by atoms with van der Waals surface area (Å²) in [5, 5.41) is 0. The standard InChI is InChI=1S/C11H11F5N2O/c1-5(9(19)11(14,15)16)6-4-18-8(3-7(6)17)10(2,12)13/h3-5H,1-2H3,(H2,17,18). The minimum absolute atomic E-state index is 0.227. The third-order valence-corrected chi connectivity index (χ3v) is 2.56. The molecule has 1 aromatic heterocycles. The SMILES string of the molecule is CC(C(=O)C(F)(F)F)c1cnc(C(C)(F)F)cc1N. The van der Waals surface area contributed by atoms with E-state index in [1.807, 2.05) is 0 Å². The first-order valence-electron chi connectivity index (χ1n) is 5.19. The number of alkyl halides is 5. The van der Waals surface area contributed by atoms with Gasteiger partial charge in [-0.05, 0) is 6.07 Å². The average molecular weight is 282 g/mol. The van der Waals surface area contributed by atoms with Crippen molar-refractivity contribution in [3.8, 4) is 0 Å². The lowest BCUT2D eigenvalue weighted by atomic mass is 9.96. The number of ketones is 1. The zero-order chi connectivity index (χ0) is 15.0. The maximum atomic E-state index is 13.0. The van der Waals surface area contributed by atoms with Crippen LogP contribution < -0.4 is 5.73 Å². The van der Waals surface area contributed by atoms with Gasteiger partial charge in [-0.25, -0.2) is 0 Å². The number of hydrogen-bond acceptors (Lipinski definition) is 3. The van der Waals surface area contributed by atoms with E-state index in [2.05, 4.69) is 4.98 Å². The van der Waals surface area contributed by atoms with Crippen LogP contribution in [-0.4, -0.2) is 16.9 Å². The first-order valence-corrected chi connectivity index (χ1v) is 5.19. The number of nitrogens with two attached hydrogens (primary N) is 1. The van der Waals surface area contributed by atoms with Crippen LogP contribution in [0.15, 0.2) is 12.3 Å². The van der Waals surface area contributed by atoms with E-state index >= 15 is 0 Å². The van der Waals surface area contributed by atoms with Gasteiger partial charge in [0.15, 0.2) is 0 Å². The van der Waals surface area contributed by atoms with Gasteiger partial charge in [0.25, 0.3) is 5.92 Å². The van der Waals surface area contributed by atoms with Crippen LogP contribution in [-0.2, 0) is 10.7 Å². The van der Waals surface area contributed by atoms with Crippen molar-refractivity contribution in [3.63, 3.8) is 0 Å². The van der Waals surface area contributed by atoms with Crippen molar-refractivity contribution in [3.05, 3.63) is 23.5 Å². The van der Waals surface area contributed by atoms with Crippen molar-refractivity contribution in [1.82, 2.24) is 4.98 Å². The second-order valence-electron chi connectivity index (χ2n) is 4.17. The number of anilines is 1. The molecule has 0 bridgehead atoms. The number of nitrogens with zero attached hydrogens (tertiary/aromatic N) is 1. The molecule has 0 saturated heterocycles. The van der Waals surface area contributed by atoms with Crippen LogP contribution in [0.1, 0.15) is 31.0 Å². The molecule has 8 heteroatoms. The van der Waals surface area contributed by atoms with Crippen molar-refractivity contribution in [2.75, 3.05) is 5.73 Å². The van der Waals surface area contributed by atoms with E-state index in [0.717, 1.165) is 19.2 Å². The number of rotatable bonds is 3. The molecule has 1 rings (SSSR count). The summed E-state index contributed by atoms with van der Waals surface area (Å²) in [7, 11) is 0. The van der Waals surface area contributed by atoms with Gasteiger partial charge >= 0.3 is 6.18 Å². The maximum Gasteiger partial charge on any atom is 0.450 e. The van der Waals surface area contributed by atoms with Gasteiger partial charge in [-0.2, -0.15) is 22.0 Å². The van der Waals surface area contributed by atoms with Crippen LogP contribution in [0.4, 0.5) is 27.6 Å². The first kappa shape index (κ1) is 15.3. The molecule has 0 aliphatic rings. The van der Waals surface area contributed by atoms with Crippen LogP contribution in [0.2, 0.25) is 0 Å². The summed E-state index contributed by atoms with van der Waals surface area (Å²) in [5.74, 6) is -6.85. The third-order valence-electron chi connectivity index (χ3n) is 2.56. The van der Waals surface area contributed by atoms with Gasteiger partial charge in [0.2, 0.25) is 5.78 Å². The summed E-state index contributed by atoms with van der Waals surface area (Å²) in [6, 6.07) is 0.773. The molecule has 0 aliphatic carbocycles. The normalized spacial score (nSPS) is 14.3. The fraction of sp³-hybridized carbons (Fsp3) is 0.455. The number of hydrogen-bond donors (Lipinski definition) is 1. The molecule has 0 radical (unpaired) electrons. The van der Waals surface area contributed by atoms with E-state index in [1.165, 1.54) is 0 Å². The van der Waals surface area contributed by atoms with Crippen molar-refractivity contribution >= 4 is 11.5 Å². The predicted octanol–water partition coefficient (Wildman–Crippen LogP) is 3.01. The molecule has 0 fully saturated rings. The molecule has 0 spiro atoms. The van der Waals surface area contributed by atoms with Crippen molar-refractivity contribution in [2.24, 2.45) is 0 Å². The summed E-state index contributed by atoms with van der Waals surface area (Å²) in [6.07, 6.45) is -4.24. The van der Waals surface area contributed by atoms with E-state index in [1.54, 1.807) is 0 Å². The highest BCUT2D eigenvalue weighted by atomic mass is 19.4. The number of aromatic nitrogens is 1. The van der Waals surface area contributed by atoms with E-state index < -0.39 is 29.5 Å². The average Bonchev–Trinajstić information content (AvgIpc) is 2.24. The second kappa shape index (κ2) is 4.75. The lowest BCUT2D eigenvalue weighted by Gasteiger charge is -2.17. The van der Waals surface area contributed by atoms with Gasteiger partial charge in [0.05, 0.1) is 5.92 Å². The zero-order valence-corrected chi connectivity index (χ0v) is 10.1. The smallest absolute Gasteiger partial charge is 0.398 e. The molecule has 106 valence electrons. The van der Waals surface area contributed by atoms with Crippen molar-refractivity contribution in [1.29, 1.82) is 0 Å². The number of nitrogen functional groups attached to an aromatic ring is 1. The highest BCUT2D eigenvalue weighted by Gasteiger charge is 2.42. The van der Waals surface area contributed by atoms with Crippen LogP contribution in [0.25, 0.3) is 0 Å². The summed E-state index contributed by atoms with van der Waals surface area (Å²) in [5.41, 5.74) is 4.19. The Balaban J connectivity index is 3.14. The van der Waals surface area contributed by atoms with Gasteiger partial charge < -0.3 is 5.73 Å². The Morgan fingerprint density at radius 1 is 1.32 bits per heavy atom. The van der Waals surface area contributed by atoms with Gasteiger partial charge in [-0.3, -0.25) is 9.78 Å². The molecule has 2 N–H and O–H groups in total. The first-order chi connectivity index (χ1) is 8.44. The Kier molecular flexibility index (Phi) is 3.83. The van der Waals surface area contributed by atoms with Crippen molar-refractivity contribution in [2.45, 2.75) is 31.9 Å². The van der Waals surface area contributed by atoms with E-state index in [9.17, 15) is 26.7 Å². The Morgan fingerprint density at radius 2 is 1.84 bits per heavy atom. The topological polar surface area (TPSA) is 56.0 Å². The molecule has 3 nitrogen and oxygen atoms in total. The highest BCUT2D eigenvalue weighted by Crippen LogP contribution is 2.33. The summed E-state index contributed by atoms with van der Waals surface area (Å²) < 4.78 is 62.7. The molecular weight excluding hydrogens is 271 g/mol. The largest absolute Gasteiger partial charge is 0.450 e. The van der Waals surface area contributed by atoms with E-state index in [-0.39, 0.29) is 11.3 Å². The van der Waals surface area contributed by atoms with Gasteiger partial charge in [0.1, 0.15) is 5.69 Å². The fourth-order valence-corrected chi connectivity index (χ4v) is 1.47. The van der Waals surface area contributed by atoms with E-state index in [0.29, 0.717) is 6.92 Å². The Morgan fingerprint density at radius 3 is 2.21 bits per heavy atom. The van der Waals surface area contributed by atoms with Crippen molar-refractivity contribution < 1.29 is 26.7 Å². The monoisotopic (exact) mass is 282 g/mol. The molecule has 0 aliphatic heterocycles.